The number of Topliss-reactive ketones (excluding diaryl/α,β-unsaturated/α-hetero) is 1. The van der Waals surface area contributed by atoms with Crippen LogP contribution in [0.5, 0.6) is 0 Å². The molecule has 3 aromatic rings. The Labute approximate surface area is 149 Å². The number of aromatic nitrogens is 2. The number of ketones is 1. The minimum Gasteiger partial charge on any atom is -0.476 e. The summed E-state index contributed by atoms with van der Waals surface area (Å²) in [5, 5.41) is 13.7. The molecule has 0 spiro atoms. The quantitative estimate of drug-likeness (QED) is 0.714. The number of carboxylic acids is 1. The number of rotatable bonds is 5. The molecule has 1 aromatic heterocycles. The molecule has 0 atom stereocenters. The molecule has 0 aliphatic heterocycles. The van der Waals surface area contributed by atoms with E-state index in [9.17, 15) is 19.5 Å². The number of aromatic carboxylic acids is 1. The maximum absolute atomic E-state index is 12.6. The monoisotopic (exact) mass is 350 g/mol. The lowest BCUT2D eigenvalue weighted by Crippen LogP contribution is -2.29. The zero-order chi connectivity index (χ0) is 18.8. The lowest BCUT2D eigenvalue weighted by Gasteiger charge is -2.09. The molecular formula is C20H18N2O4. The predicted molar refractivity (Wildman–Crippen MR) is 97.8 cm³/mol. The number of carbonyl (C=O) groups is 2. The van der Waals surface area contributed by atoms with Gasteiger partial charge in [-0.25, -0.2) is 9.48 Å². The Kier molecular flexibility index (Phi) is 4.67. The van der Waals surface area contributed by atoms with Crippen molar-refractivity contribution in [2.45, 2.75) is 26.3 Å². The van der Waals surface area contributed by atoms with E-state index < -0.39 is 11.5 Å². The Morgan fingerprint density at radius 3 is 2.23 bits per heavy atom. The molecule has 1 N–H and O–H groups in total. The van der Waals surface area contributed by atoms with Gasteiger partial charge in [-0.15, -0.1) is 0 Å². The van der Waals surface area contributed by atoms with Gasteiger partial charge in [0.1, 0.15) is 6.54 Å². The van der Waals surface area contributed by atoms with E-state index in [2.05, 4.69) is 18.9 Å². The average Bonchev–Trinajstić information content (AvgIpc) is 2.63. The summed E-state index contributed by atoms with van der Waals surface area (Å²) in [5.41, 5.74) is 0.824. The fourth-order valence-corrected chi connectivity index (χ4v) is 2.78. The summed E-state index contributed by atoms with van der Waals surface area (Å²) in [6.45, 7) is 3.80. The Morgan fingerprint density at radius 2 is 1.65 bits per heavy atom. The van der Waals surface area contributed by atoms with E-state index in [0.29, 0.717) is 11.5 Å². The van der Waals surface area contributed by atoms with E-state index in [0.717, 1.165) is 10.2 Å². The van der Waals surface area contributed by atoms with Gasteiger partial charge in [-0.05, 0) is 17.5 Å². The molecular weight excluding hydrogens is 332 g/mol. The molecule has 0 radical (unpaired) electrons. The smallest absolute Gasteiger partial charge is 0.357 e. The van der Waals surface area contributed by atoms with Crippen LogP contribution in [0.1, 0.15) is 46.2 Å². The average molecular weight is 350 g/mol. The molecule has 26 heavy (non-hydrogen) atoms. The molecule has 0 amide bonds. The molecule has 0 fully saturated rings. The van der Waals surface area contributed by atoms with Crippen LogP contribution in [0.15, 0.2) is 53.3 Å². The molecule has 3 rings (SSSR count). The van der Waals surface area contributed by atoms with Gasteiger partial charge in [0.05, 0.1) is 5.39 Å². The highest BCUT2D eigenvalue weighted by Crippen LogP contribution is 2.16. The second-order valence-electron chi connectivity index (χ2n) is 6.36. The third-order valence-corrected chi connectivity index (χ3v) is 4.26. The summed E-state index contributed by atoms with van der Waals surface area (Å²) >= 11 is 0. The summed E-state index contributed by atoms with van der Waals surface area (Å²) in [6.07, 6.45) is 0. The van der Waals surface area contributed by atoms with Gasteiger partial charge in [0, 0.05) is 10.9 Å². The van der Waals surface area contributed by atoms with Gasteiger partial charge in [-0.3, -0.25) is 9.59 Å². The summed E-state index contributed by atoms with van der Waals surface area (Å²) in [4.78, 5) is 36.6. The van der Waals surface area contributed by atoms with Crippen molar-refractivity contribution in [2.24, 2.45) is 0 Å². The Bertz CT molecular complexity index is 1050. The topological polar surface area (TPSA) is 89.3 Å². The molecule has 2 aromatic carbocycles. The van der Waals surface area contributed by atoms with Gasteiger partial charge >= 0.3 is 5.97 Å². The van der Waals surface area contributed by atoms with Crippen molar-refractivity contribution in [3.63, 3.8) is 0 Å². The van der Waals surface area contributed by atoms with E-state index in [-0.39, 0.29) is 28.8 Å². The number of benzene rings is 2. The molecule has 1 heterocycles. The first-order valence-electron chi connectivity index (χ1n) is 8.25. The number of fused-ring (bicyclic) bond motifs is 1. The van der Waals surface area contributed by atoms with Gasteiger partial charge in [0.25, 0.3) is 5.56 Å². The number of hydrogen-bond acceptors (Lipinski definition) is 4. The minimum absolute atomic E-state index is 0.225. The summed E-state index contributed by atoms with van der Waals surface area (Å²) in [6, 6.07) is 13.5. The van der Waals surface area contributed by atoms with Crippen LogP contribution in [0.4, 0.5) is 0 Å². The molecule has 0 saturated carbocycles. The maximum atomic E-state index is 12.6. The third-order valence-electron chi connectivity index (χ3n) is 4.26. The van der Waals surface area contributed by atoms with Crippen LogP contribution in [0.25, 0.3) is 10.8 Å². The third kappa shape index (κ3) is 3.26. The van der Waals surface area contributed by atoms with Crippen molar-refractivity contribution in [3.8, 4) is 0 Å². The van der Waals surface area contributed by atoms with Gasteiger partial charge in [-0.2, -0.15) is 5.10 Å². The second kappa shape index (κ2) is 6.92. The lowest BCUT2D eigenvalue weighted by molar-refractivity contribution is 0.0688. The fraction of sp³-hybridized carbons (Fsp3) is 0.200. The van der Waals surface area contributed by atoms with Crippen molar-refractivity contribution < 1.29 is 14.7 Å². The first-order valence-corrected chi connectivity index (χ1v) is 8.25. The van der Waals surface area contributed by atoms with Crippen LogP contribution >= 0.6 is 0 Å². The molecule has 6 nitrogen and oxygen atoms in total. The van der Waals surface area contributed by atoms with Crippen LogP contribution in [-0.4, -0.2) is 26.6 Å². The largest absolute Gasteiger partial charge is 0.476 e. The molecule has 0 aliphatic rings. The summed E-state index contributed by atoms with van der Waals surface area (Å²) in [7, 11) is 0. The number of carboxylic acid groups (broad SMARTS) is 1. The number of carbonyl (C=O) groups excluding carboxylic acids is 1. The van der Waals surface area contributed by atoms with E-state index in [4.69, 9.17) is 0 Å². The first kappa shape index (κ1) is 17.5. The van der Waals surface area contributed by atoms with Gasteiger partial charge < -0.3 is 5.11 Å². The van der Waals surface area contributed by atoms with Crippen LogP contribution in [-0.2, 0) is 6.54 Å². The zero-order valence-electron chi connectivity index (χ0n) is 14.5. The normalized spacial score (nSPS) is 11.0. The van der Waals surface area contributed by atoms with Crippen LogP contribution in [0.3, 0.4) is 0 Å². The summed E-state index contributed by atoms with van der Waals surface area (Å²) in [5.74, 6) is -1.20. The van der Waals surface area contributed by atoms with Crippen molar-refractivity contribution in [3.05, 3.63) is 75.7 Å². The highest BCUT2D eigenvalue weighted by molar-refractivity contribution is 6.01. The Balaban J connectivity index is 2.00. The Hall–Kier alpha value is -3.28. The Morgan fingerprint density at radius 1 is 1.04 bits per heavy atom. The predicted octanol–water partition coefficient (Wildman–Crippen LogP) is 3.10. The van der Waals surface area contributed by atoms with E-state index >= 15 is 0 Å². The van der Waals surface area contributed by atoms with Crippen LogP contribution in [0, 0.1) is 0 Å². The van der Waals surface area contributed by atoms with Gasteiger partial charge in [-0.1, -0.05) is 56.3 Å². The molecule has 0 bridgehead atoms. The molecule has 132 valence electrons. The van der Waals surface area contributed by atoms with E-state index in [1.165, 1.54) is 12.1 Å². The second-order valence-corrected chi connectivity index (χ2v) is 6.36. The van der Waals surface area contributed by atoms with Crippen molar-refractivity contribution in [2.75, 3.05) is 0 Å². The van der Waals surface area contributed by atoms with Crippen molar-refractivity contribution >= 4 is 22.5 Å². The van der Waals surface area contributed by atoms with Crippen molar-refractivity contribution in [1.82, 2.24) is 9.78 Å². The highest BCUT2D eigenvalue weighted by Gasteiger charge is 2.17. The highest BCUT2D eigenvalue weighted by atomic mass is 16.4. The van der Waals surface area contributed by atoms with E-state index in [1.807, 2.05) is 12.1 Å². The molecule has 0 saturated heterocycles. The number of nitrogens with zero attached hydrogens (tertiary/aromatic N) is 2. The van der Waals surface area contributed by atoms with Gasteiger partial charge in [0.15, 0.2) is 11.5 Å². The summed E-state index contributed by atoms with van der Waals surface area (Å²) < 4.78 is 0.921. The maximum Gasteiger partial charge on any atom is 0.357 e. The zero-order valence-corrected chi connectivity index (χ0v) is 14.5. The lowest BCUT2D eigenvalue weighted by atomic mass is 10.0. The minimum atomic E-state index is -1.25. The standard InChI is InChI=1S/C20H18N2O4/c1-12(2)13-7-9-14(10-8-13)17(23)11-22-19(24)16-6-4-3-5-15(16)18(21-22)20(25)26/h3-10,12H,11H2,1-2H3,(H,25,26). The fourth-order valence-electron chi connectivity index (χ4n) is 2.78. The van der Waals surface area contributed by atoms with Gasteiger partial charge in [0.2, 0.25) is 0 Å². The van der Waals surface area contributed by atoms with Crippen LogP contribution in [0.2, 0.25) is 0 Å². The molecule has 6 heteroatoms. The SMILES string of the molecule is CC(C)c1ccc(C(=O)Cn2nc(C(=O)O)c3ccccc3c2=O)cc1. The molecule has 0 unspecified atom stereocenters. The van der Waals surface area contributed by atoms with Crippen molar-refractivity contribution in [1.29, 1.82) is 0 Å². The number of hydrogen-bond donors (Lipinski definition) is 1. The molecule has 0 aliphatic carbocycles. The van der Waals surface area contributed by atoms with Crippen LogP contribution < -0.4 is 5.56 Å². The van der Waals surface area contributed by atoms with E-state index in [1.54, 1.807) is 24.3 Å². The first-order chi connectivity index (χ1) is 12.4.